The van der Waals surface area contributed by atoms with Crippen LogP contribution < -0.4 is 14.8 Å². The first-order chi connectivity index (χ1) is 13.6. The van der Waals surface area contributed by atoms with Gasteiger partial charge in [-0.3, -0.25) is 4.79 Å². The van der Waals surface area contributed by atoms with E-state index in [1.165, 1.54) is 0 Å². The van der Waals surface area contributed by atoms with Crippen molar-refractivity contribution in [3.8, 4) is 22.9 Å². The molecule has 0 atom stereocenters. The zero-order valence-corrected chi connectivity index (χ0v) is 16.2. The van der Waals surface area contributed by atoms with Crippen LogP contribution in [0.15, 0.2) is 60.7 Å². The van der Waals surface area contributed by atoms with Crippen LogP contribution in [0.3, 0.4) is 0 Å². The van der Waals surface area contributed by atoms with Crippen molar-refractivity contribution >= 4 is 11.6 Å². The van der Waals surface area contributed by atoms with Crippen molar-refractivity contribution in [3.63, 3.8) is 0 Å². The molecule has 0 saturated heterocycles. The second-order valence-electron chi connectivity index (χ2n) is 6.57. The van der Waals surface area contributed by atoms with Crippen LogP contribution in [0, 0.1) is 0 Å². The van der Waals surface area contributed by atoms with Gasteiger partial charge in [-0.2, -0.15) is 0 Å². The van der Waals surface area contributed by atoms with Crippen LogP contribution in [0.4, 0.5) is 5.69 Å². The third-order valence-electron chi connectivity index (χ3n) is 4.21. The minimum absolute atomic E-state index is 0.0462. The van der Waals surface area contributed by atoms with E-state index in [9.17, 15) is 4.79 Å². The van der Waals surface area contributed by atoms with Gasteiger partial charge in [0.25, 0.3) is 5.91 Å². The molecule has 144 valence electrons. The Labute approximate surface area is 164 Å². The Morgan fingerprint density at radius 1 is 1.00 bits per heavy atom. The fourth-order valence-corrected chi connectivity index (χ4v) is 2.74. The number of hydrogen-bond acceptors (Lipinski definition) is 5. The fourth-order valence-electron chi connectivity index (χ4n) is 2.74. The number of benzene rings is 2. The molecule has 1 N–H and O–H groups in total. The lowest BCUT2D eigenvalue weighted by atomic mass is 10.0. The molecule has 0 aliphatic rings. The highest BCUT2D eigenvalue weighted by molar-refractivity contribution is 5.92. The number of methoxy groups -OCH3 is 1. The van der Waals surface area contributed by atoms with Gasteiger partial charge in [0.1, 0.15) is 5.75 Å². The highest BCUT2D eigenvalue weighted by Gasteiger charge is 2.10. The number of nitrogens with zero attached hydrogens (tertiary/aromatic N) is 2. The number of para-hydroxylation sites is 1. The first-order valence-electron chi connectivity index (χ1n) is 9.06. The summed E-state index contributed by atoms with van der Waals surface area (Å²) in [6.07, 6.45) is 0. The number of carbonyl (C=O) groups is 1. The number of ether oxygens (including phenoxy) is 2. The zero-order chi connectivity index (χ0) is 19.9. The Hall–Kier alpha value is -3.41. The van der Waals surface area contributed by atoms with E-state index in [0.717, 1.165) is 22.6 Å². The van der Waals surface area contributed by atoms with Crippen molar-refractivity contribution in [3.05, 3.63) is 66.2 Å². The Morgan fingerprint density at radius 3 is 2.39 bits per heavy atom. The molecule has 0 spiro atoms. The normalized spacial score (nSPS) is 10.6. The average Bonchev–Trinajstić information content (AvgIpc) is 2.73. The molecule has 0 radical (unpaired) electrons. The molecule has 2 aromatic carbocycles. The molecule has 0 aliphatic heterocycles. The van der Waals surface area contributed by atoms with Crippen LogP contribution in [-0.4, -0.2) is 29.8 Å². The van der Waals surface area contributed by atoms with E-state index >= 15 is 0 Å². The van der Waals surface area contributed by atoms with Crippen molar-refractivity contribution in [2.24, 2.45) is 0 Å². The molecule has 1 amide bonds. The Morgan fingerprint density at radius 2 is 1.75 bits per heavy atom. The molecule has 0 fully saturated rings. The number of nitrogens with one attached hydrogen (secondary N) is 1. The van der Waals surface area contributed by atoms with Gasteiger partial charge in [0.15, 0.2) is 6.61 Å². The van der Waals surface area contributed by atoms with Gasteiger partial charge in [-0.15, -0.1) is 10.2 Å². The molecule has 0 saturated carbocycles. The molecule has 6 nitrogen and oxygen atoms in total. The maximum atomic E-state index is 12.2. The van der Waals surface area contributed by atoms with E-state index < -0.39 is 0 Å². The van der Waals surface area contributed by atoms with Crippen molar-refractivity contribution in [1.82, 2.24) is 10.2 Å². The largest absolute Gasteiger partial charge is 0.483 e. The minimum atomic E-state index is -0.212. The summed E-state index contributed by atoms with van der Waals surface area (Å²) in [7, 11) is 1.55. The molecule has 3 rings (SSSR count). The number of anilines is 1. The quantitative estimate of drug-likeness (QED) is 0.665. The number of amides is 1. The highest BCUT2D eigenvalue weighted by Crippen LogP contribution is 2.26. The first kappa shape index (κ1) is 19.4. The van der Waals surface area contributed by atoms with Crippen LogP contribution in [0.2, 0.25) is 0 Å². The fraction of sp³-hybridized carbons (Fsp3) is 0.227. The lowest BCUT2D eigenvalue weighted by molar-refractivity contribution is -0.118. The molecular formula is C22H23N3O3. The van der Waals surface area contributed by atoms with E-state index in [1.54, 1.807) is 13.2 Å². The van der Waals surface area contributed by atoms with Crippen LogP contribution in [0.5, 0.6) is 11.6 Å². The summed E-state index contributed by atoms with van der Waals surface area (Å²) in [6, 6.07) is 18.7. The Balaban J connectivity index is 1.58. The summed E-state index contributed by atoms with van der Waals surface area (Å²) in [4.78, 5) is 12.2. The maximum absolute atomic E-state index is 12.2. The molecule has 0 aliphatic carbocycles. The van der Waals surface area contributed by atoms with E-state index in [0.29, 0.717) is 17.5 Å². The molecule has 3 aromatic rings. The lowest BCUT2D eigenvalue weighted by Gasteiger charge is -2.13. The molecular weight excluding hydrogens is 354 g/mol. The highest BCUT2D eigenvalue weighted by atomic mass is 16.5. The molecule has 1 heterocycles. The monoisotopic (exact) mass is 377 g/mol. The van der Waals surface area contributed by atoms with Crippen molar-refractivity contribution in [2.75, 3.05) is 19.0 Å². The summed E-state index contributed by atoms with van der Waals surface area (Å²) in [5, 5.41) is 10.9. The first-order valence-corrected chi connectivity index (χ1v) is 9.06. The zero-order valence-electron chi connectivity index (χ0n) is 16.2. The SMILES string of the molecule is COc1ccc(-c2ccc(NC(=O)COc3ccccc3C(C)C)cc2)nn1. The van der Waals surface area contributed by atoms with E-state index in [1.807, 2.05) is 54.6 Å². The minimum Gasteiger partial charge on any atom is -0.483 e. The Kier molecular flexibility index (Phi) is 6.22. The van der Waals surface area contributed by atoms with Gasteiger partial charge in [-0.1, -0.05) is 44.2 Å². The van der Waals surface area contributed by atoms with Crippen LogP contribution in [-0.2, 0) is 4.79 Å². The van der Waals surface area contributed by atoms with Crippen molar-refractivity contribution < 1.29 is 14.3 Å². The van der Waals surface area contributed by atoms with Crippen LogP contribution in [0.25, 0.3) is 11.3 Å². The predicted molar refractivity (Wildman–Crippen MR) is 109 cm³/mol. The van der Waals surface area contributed by atoms with E-state index in [4.69, 9.17) is 9.47 Å². The number of aromatic nitrogens is 2. The third kappa shape index (κ3) is 4.85. The van der Waals surface area contributed by atoms with Crippen molar-refractivity contribution in [1.29, 1.82) is 0 Å². The summed E-state index contributed by atoms with van der Waals surface area (Å²) in [5.41, 5.74) is 3.40. The van der Waals surface area contributed by atoms with Gasteiger partial charge in [0, 0.05) is 17.3 Å². The summed E-state index contributed by atoms with van der Waals surface area (Å²) in [5.74, 6) is 1.32. The van der Waals surface area contributed by atoms with Crippen molar-refractivity contribution in [2.45, 2.75) is 19.8 Å². The second-order valence-corrected chi connectivity index (χ2v) is 6.57. The van der Waals surface area contributed by atoms with Gasteiger partial charge < -0.3 is 14.8 Å². The molecule has 0 unspecified atom stereocenters. The predicted octanol–water partition coefficient (Wildman–Crippen LogP) is 4.29. The van der Waals surface area contributed by atoms with E-state index in [-0.39, 0.29) is 12.5 Å². The molecule has 1 aromatic heterocycles. The summed E-state index contributed by atoms with van der Waals surface area (Å²) in [6.45, 7) is 4.14. The molecule has 6 heteroatoms. The summed E-state index contributed by atoms with van der Waals surface area (Å²) < 4.78 is 10.7. The maximum Gasteiger partial charge on any atom is 0.262 e. The third-order valence-corrected chi connectivity index (χ3v) is 4.21. The topological polar surface area (TPSA) is 73.3 Å². The van der Waals surface area contributed by atoms with Gasteiger partial charge in [-0.05, 0) is 35.7 Å². The Bertz CT molecular complexity index is 923. The standard InChI is InChI=1S/C22H23N3O3/c1-15(2)18-6-4-5-7-20(18)28-14-21(26)23-17-10-8-16(9-11-17)19-12-13-22(27-3)25-24-19/h4-13,15H,14H2,1-3H3,(H,23,26). The van der Waals surface area contributed by atoms with Crippen LogP contribution in [0.1, 0.15) is 25.3 Å². The van der Waals surface area contributed by atoms with E-state index in [2.05, 4.69) is 29.4 Å². The van der Waals surface area contributed by atoms with Gasteiger partial charge >= 0.3 is 0 Å². The molecule has 0 bridgehead atoms. The van der Waals surface area contributed by atoms with Crippen LogP contribution >= 0.6 is 0 Å². The molecule has 28 heavy (non-hydrogen) atoms. The summed E-state index contributed by atoms with van der Waals surface area (Å²) >= 11 is 0. The number of rotatable bonds is 7. The van der Waals surface area contributed by atoms with Gasteiger partial charge in [0.05, 0.1) is 12.8 Å². The van der Waals surface area contributed by atoms with Gasteiger partial charge in [0.2, 0.25) is 5.88 Å². The number of hydrogen-bond donors (Lipinski definition) is 1. The second kappa shape index (κ2) is 8.99. The smallest absolute Gasteiger partial charge is 0.262 e. The lowest BCUT2D eigenvalue weighted by Crippen LogP contribution is -2.20. The van der Waals surface area contributed by atoms with Gasteiger partial charge in [-0.25, -0.2) is 0 Å². The number of carbonyl (C=O) groups excluding carboxylic acids is 1. The average molecular weight is 377 g/mol.